The van der Waals surface area contributed by atoms with E-state index in [1.54, 1.807) is 0 Å². The maximum absolute atomic E-state index is 12.7. The molecule has 2 aliphatic heterocycles. The van der Waals surface area contributed by atoms with Gasteiger partial charge in [0.25, 0.3) is 5.91 Å². The first kappa shape index (κ1) is 21.7. The second-order valence-electron chi connectivity index (χ2n) is 7.24. The molecule has 7 heteroatoms. The predicted molar refractivity (Wildman–Crippen MR) is 109 cm³/mol. The van der Waals surface area contributed by atoms with Gasteiger partial charge in [-0.3, -0.25) is 9.59 Å². The highest BCUT2D eigenvalue weighted by Crippen LogP contribution is 2.11. The third kappa shape index (κ3) is 6.19. The molecular weight excluding hydrogens is 364 g/mol. The number of carbonyl (C=O) groups is 2. The smallest absolute Gasteiger partial charge is 0.253 e. The number of hydrogen-bond donors (Lipinski definition) is 1. The molecule has 0 aromatic heterocycles. The summed E-state index contributed by atoms with van der Waals surface area (Å²) in [5.74, 6) is 0.371. The van der Waals surface area contributed by atoms with Gasteiger partial charge < -0.3 is 20.0 Å². The number of aryl methyl sites for hydroxylation is 1. The fourth-order valence-corrected chi connectivity index (χ4v) is 3.68. The van der Waals surface area contributed by atoms with Gasteiger partial charge in [0.15, 0.2) is 0 Å². The zero-order chi connectivity index (χ0) is 18.4. The minimum atomic E-state index is 0. The summed E-state index contributed by atoms with van der Waals surface area (Å²) >= 11 is 0. The summed E-state index contributed by atoms with van der Waals surface area (Å²) in [7, 11) is 0. The van der Waals surface area contributed by atoms with E-state index in [1.807, 2.05) is 41.0 Å². The molecule has 2 saturated heterocycles. The van der Waals surface area contributed by atoms with Gasteiger partial charge in [0, 0.05) is 64.3 Å². The third-order valence-corrected chi connectivity index (χ3v) is 5.25. The van der Waals surface area contributed by atoms with E-state index < -0.39 is 0 Å². The molecule has 1 aromatic carbocycles. The number of benzene rings is 1. The predicted octanol–water partition coefficient (Wildman–Crippen LogP) is 1.39. The van der Waals surface area contributed by atoms with Gasteiger partial charge in [0.1, 0.15) is 0 Å². The third-order valence-electron chi connectivity index (χ3n) is 5.25. The number of nitrogens with zero attached hydrogens (tertiary/aromatic N) is 3. The van der Waals surface area contributed by atoms with Gasteiger partial charge in [-0.15, -0.1) is 12.4 Å². The van der Waals surface area contributed by atoms with E-state index in [9.17, 15) is 9.59 Å². The van der Waals surface area contributed by atoms with E-state index >= 15 is 0 Å². The number of amides is 2. The summed E-state index contributed by atoms with van der Waals surface area (Å²) in [6.45, 7) is 9.53. The summed E-state index contributed by atoms with van der Waals surface area (Å²) in [6, 6.07) is 7.80. The molecular formula is C20H31ClN4O2. The first-order valence-electron chi connectivity index (χ1n) is 9.70. The van der Waals surface area contributed by atoms with Crippen molar-refractivity contribution < 1.29 is 9.59 Å². The van der Waals surface area contributed by atoms with Crippen molar-refractivity contribution in [1.29, 1.82) is 0 Å². The summed E-state index contributed by atoms with van der Waals surface area (Å²) in [5, 5.41) is 3.27. The summed E-state index contributed by atoms with van der Waals surface area (Å²) < 4.78 is 0. The Hall–Kier alpha value is -1.63. The number of hydrogen-bond acceptors (Lipinski definition) is 4. The van der Waals surface area contributed by atoms with Crippen LogP contribution >= 0.6 is 12.4 Å². The number of carbonyl (C=O) groups excluding carboxylic acids is 2. The van der Waals surface area contributed by atoms with E-state index in [1.165, 1.54) is 0 Å². The normalized spacial score (nSPS) is 18.6. The fraction of sp³-hybridized carbons (Fsp3) is 0.600. The Morgan fingerprint density at radius 1 is 1.00 bits per heavy atom. The van der Waals surface area contributed by atoms with E-state index in [0.29, 0.717) is 6.42 Å². The van der Waals surface area contributed by atoms with Gasteiger partial charge in [-0.25, -0.2) is 0 Å². The van der Waals surface area contributed by atoms with Crippen LogP contribution in [0.25, 0.3) is 0 Å². The first-order chi connectivity index (χ1) is 12.6. The molecule has 0 aliphatic carbocycles. The van der Waals surface area contributed by atoms with Crippen molar-refractivity contribution in [2.75, 3.05) is 58.9 Å². The summed E-state index contributed by atoms with van der Waals surface area (Å²) in [6.07, 6.45) is 1.53. The topological polar surface area (TPSA) is 55.9 Å². The van der Waals surface area contributed by atoms with E-state index in [-0.39, 0.29) is 24.2 Å². The van der Waals surface area contributed by atoms with Crippen molar-refractivity contribution in [2.24, 2.45) is 0 Å². The molecule has 2 amide bonds. The largest absolute Gasteiger partial charge is 0.340 e. The molecule has 2 aliphatic rings. The van der Waals surface area contributed by atoms with E-state index in [4.69, 9.17) is 0 Å². The maximum Gasteiger partial charge on any atom is 0.253 e. The molecule has 0 radical (unpaired) electrons. The van der Waals surface area contributed by atoms with Crippen molar-refractivity contribution in [3.8, 4) is 0 Å². The zero-order valence-electron chi connectivity index (χ0n) is 16.2. The Labute approximate surface area is 168 Å². The average Bonchev–Trinajstić information content (AvgIpc) is 2.92. The lowest BCUT2D eigenvalue weighted by Gasteiger charge is -2.28. The number of halogens is 1. The molecule has 2 heterocycles. The lowest BCUT2D eigenvalue weighted by atomic mass is 10.1. The highest BCUT2D eigenvalue weighted by atomic mass is 35.5. The van der Waals surface area contributed by atoms with Crippen LogP contribution in [0.3, 0.4) is 0 Å². The zero-order valence-corrected chi connectivity index (χ0v) is 17.0. The lowest BCUT2D eigenvalue weighted by Crippen LogP contribution is -2.47. The van der Waals surface area contributed by atoms with Crippen molar-refractivity contribution in [1.82, 2.24) is 20.0 Å². The second-order valence-corrected chi connectivity index (χ2v) is 7.24. The van der Waals surface area contributed by atoms with Crippen LogP contribution in [-0.2, 0) is 4.79 Å². The van der Waals surface area contributed by atoms with Crippen LogP contribution in [-0.4, -0.2) is 85.4 Å². The van der Waals surface area contributed by atoms with Crippen LogP contribution in [0, 0.1) is 6.92 Å². The monoisotopic (exact) mass is 394 g/mol. The second kappa shape index (κ2) is 10.6. The Bertz CT molecular complexity index is 634. The Morgan fingerprint density at radius 3 is 2.52 bits per heavy atom. The van der Waals surface area contributed by atoms with Crippen molar-refractivity contribution >= 4 is 24.2 Å². The summed E-state index contributed by atoms with van der Waals surface area (Å²) in [5.41, 5.74) is 1.88. The standard InChI is InChI=1S/C20H30N4O2.ClH/c1-17-4-2-5-18(16-17)20(26)24-10-3-9-22(14-15-24)11-6-19(25)23-12-7-21-8-13-23;/h2,4-5,16,21H,3,6-15H2,1H3;1H. The Balaban J connectivity index is 0.00000261. The molecule has 0 bridgehead atoms. The molecule has 0 saturated carbocycles. The molecule has 0 atom stereocenters. The van der Waals surface area contributed by atoms with Gasteiger partial charge in [-0.05, 0) is 32.0 Å². The van der Waals surface area contributed by atoms with Gasteiger partial charge >= 0.3 is 0 Å². The SMILES string of the molecule is Cc1cccc(C(=O)N2CCCN(CCC(=O)N3CCNCC3)CC2)c1.Cl. The number of rotatable bonds is 4. The molecule has 27 heavy (non-hydrogen) atoms. The quantitative estimate of drug-likeness (QED) is 0.838. The molecule has 2 fully saturated rings. The average molecular weight is 395 g/mol. The van der Waals surface area contributed by atoms with Crippen molar-refractivity contribution in [2.45, 2.75) is 19.8 Å². The van der Waals surface area contributed by atoms with Crippen LogP contribution in [0.1, 0.15) is 28.8 Å². The first-order valence-corrected chi connectivity index (χ1v) is 9.70. The van der Waals surface area contributed by atoms with Crippen LogP contribution < -0.4 is 5.32 Å². The molecule has 1 aromatic rings. The maximum atomic E-state index is 12.7. The molecule has 3 rings (SSSR count). The highest BCUT2D eigenvalue weighted by molar-refractivity contribution is 5.94. The fourth-order valence-electron chi connectivity index (χ4n) is 3.68. The minimum Gasteiger partial charge on any atom is -0.340 e. The van der Waals surface area contributed by atoms with Crippen molar-refractivity contribution in [3.05, 3.63) is 35.4 Å². The summed E-state index contributed by atoms with van der Waals surface area (Å²) in [4.78, 5) is 31.3. The van der Waals surface area contributed by atoms with E-state index in [2.05, 4.69) is 10.2 Å². The minimum absolute atomic E-state index is 0. The Morgan fingerprint density at radius 2 is 1.78 bits per heavy atom. The van der Waals surface area contributed by atoms with Crippen molar-refractivity contribution in [3.63, 3.8) is 0 Å². The number of piperazine rings is 1. The van der Waals surface area contributed by atoms with Crippen LogP contribution in [0.2, 0.25) is 0 Å². The molecule has 150 valence electrons. The molecule has 0 unspecified atom stereocenters. The lowest BCUT2D eigenvalue weighted by molar-refractivity contribution is -0.132. The van der Waals surface area contributed by atoms with Gasteiger partial charge in [-0.1, -0.05) is 17.7 Å². The van der Waals surface area contributed by atoms with Gasteiger partial charge in [0.05, 0.1) is 0 Å². The number of nitrogens with one attached hydrogen (secondary N) is 1. The molecule has 6 nitrogen and oxygen atoms in total. The van der Waals surface area contributed by atoms with Crippen LogP contribution in [0.5, 0.6) is 0 Å². The van der Waals surface area contributed by atoms with E-state index in [0.717, 1.165) is 76.5 Å². The molecule has 1 N–H and O–H groups in total. The van der Waals surface area contributed by atoms with Gasteiger partial charge in [0.2, 0.25) is 5.91 Å². The Kier molecular flexibility index (Phi) is 8.54. The van der Waals surface area contributed by atoms with Crippen LogP contribution in [0.15, 0.2) is 24.3 Å². The van der Waals surface area contributed by atoms with Gasteiger partial charge in [-0.2, -0.15) is 0 Å². The highest BCUT2D eigenvalue weighted by Gasteiger charge is 2.22. The molecule has 0 spiro atoms. The van der Waals surface area contributed by atoms with Crippen LogP contribution in [0.4, 0.5) is 0 Å².